The molecule has 0 unspecified atom stereocenters. The van der Waals surface area contributed by atoms with Gasteiger partial charge in [0.25, 0.3) is 11.5 Å². The Kier molecular flexibility index (Phi) is 3.38. The molecule has 1 aromatic rings. The van der Waals surface area contributed by atoms with E-state index in [4.69, 9.17) is 10.7 Å². The Morgan fingerprint density at radius 1 is 1.44 bits per heavy atom. The number of nitrogens with zero attached hydrogens (tertiary/aromatic N) is 2. The lowest BCUT2D eigenvalue weighted by molar-refractivity contribution is -0.390. The number of alkyl halides is 2. The highest BCUT2D eigenvalue weighted by Gasteiger charge is 2.30. The van der Waals surface area contributed by atoms with E-state index >= 15 is 0 Å². The summed E-state index contributed by atoms with van der Waals surface area (Å²) in [5, 5.41) is 9.08. The summed E-state index contributed by atoms with van der Waals surface area (Å²) in [4.78, 5) is 12.2. The standard InChI is InChI=1S/C6H3ClF2N2O4S/c7-16(14,15)6-3(5(8)9)1-2-4(10-6)11(12)13/h1-2,5H. The average molecular weight is 273 g/mol. The van der Waals surface area contributed by atoms with Gasteiger partial charge in [0.05, 0.1) is 5.56 Å². The van der Waals surface area contributed by atoms with Crippen molar-refractivity contribution in [1.29, 1.82) is 0 Å². The molecule has 0 aliphatic carbocycles. The van der Waals surface area contributed by atoms with Gasteiger partial charge in [0.2, 0.25) is 0 Å². The molecule has 6 nitrogen and oxygen atoms in total. The molecular formula is C6H3ClF2N2O4S. The van der Waals surface area contributed by atoms with Crippen LogP contribution in [0.5, 0.6) is 0 Å². The second-order valence-electron chi connectivity index (χ2n) is 2.56. The molecule has 0 atom stereocenters. The molecule has 0 saturated heterocycles. The summed E-state index contributed by atoms with van der Waals surface area (Å²) in [5.41, 5.74) is -0.972. The Morgan fingerprint density at radius 3 is 2.38 bits per heavy atom. The molecule has 0 fully saturated rings. The van der Waals surface area contributed by atoms with Gasteiger partial charge in [-0.25, -0.2) is 17.2 Å². The molecule has 88 valence electrons. The zero-order valence-corrected chi connectivity index (χ0v) is 8.87. The maximum Gasteiger partial charge on any atom is 0.364 e. The Morgan fingerprint density at radius 2 is 2.00 bits per heavy atom. The number of hydrogen-bond acceptors (Lipinski definition) is 5. The second-order valence-corrected chi connectivity index (χ2v) is 5.04. The maximum absolute atomic E-state index is 12.4. The van der Waals surface area contributed by atoms with E-state index in [0.717, 1.165) is 0 Å². The molecule has 0 N–H and O–H groups in total. The van der Waals surface area contributed by atoms with E-state index in [1.807, 2.05) is 0 Å². The van der Waals surface area contributed by atoms with E-state index in [-0.39, 0.29) is 0 Å². The number of aromatic nitrogens is 1. The normalized spacial score (nSPS) is 11.8. The number of nitro groups is 1. The van der Waals surface area contributed by atoms with E-state index < -0.39 is 36.8 Å². The lowest BCUT2D eigenvalue weighted by atomic mass is 10.3. The minimum atomic E-state index is -4.56. The molecule has 0 radical (unpaired) electrons. The largest absolute Gasteiger partial charge is 0.364 e. The quantitative estimate of drug-likeness (QED) is 0.476. The molecule has 0 spiro atoms. The van der Waals surface area contributed by atoms with Gasteiger partial charge in [-0.1, -0.05) is 0 Å². The first-order valence-electron chi connectivity index (χ1n) is 3.61. The summed E-state index contributed by atoms with van der Waals surface area (Å²) in [6.07, 6.45) is -3.14. The van der Waals surface area contributed by atoms with E-state index in [1.165, 1.54) is 0 Å². The van der Waals surface area contributed by atoms with Crippen molar-refractivity contribution in [2.24, 2.45) is 0 Å². The molecule has 0 amide bonds. The van der Waals surface area contributed by atoms with Crippen LogP contribution in [0.3, 0.4) is 0 Å². The molecule has 0 bridgehead atoms. The van der Waals surface area contributed by atoms with Crippen molar-refractivity contribution >= 4 is 25.6 Å². The minimum absolute atomic E-state index is 0.602. The molecule has 1 heterocycles. The van der Waals surface area contributed by atoms with Crippen LogP contribution in [0.1, 0.15) is 12.0 Å². The van der Waals surface area contributed by atoms with Crippen molar-refractivity contribution < 1.29 is 22.1 Å². The van der Waals surface area contributed by atoms with Gasteiger partial charge in [0, 0.05) is 16.7 Å². The van der Waals surface area contributed by atoms with Gasteiger partial charge in [-0.3, -0.25) is 0 Å². The van der Waals surface area contributed by atoms with Crippen LogP contribution in [0.2, 0.25) is 0 Å². The highest BCUT2D eigenvalue weighted by Crippen LogP contribution is 2.28. The number of hydrogen-bond donors (Lipinski definition) is 0. The first kappa shape index (κ1) is 12.7. The molecule has 0 aliphatic heterocycles. The van der Waals surface area contributed by atoms with Crippen molar-refractivity contribution in [2.75, 3.05) is 0 Å². The van der Waals surface area contributed by atoms with Gasteiger partial charge in [-0.15, -0.1) is 0 Å². The summed E-state index contributed by atoms with van der Waals surface area (Å²) in [7, 11) is 0.280. The number of halogens is 3. The predicted octanol–water partition coefficient (Wildman–Crippen LogP) is 1.85. The van der Waals surface area contributed by atoms with Crippen LogP contribution in [-0.4, -0.2) is 18.3 Å². The van der Waals surface area contributed by atoms with Crippen molar-refractivity contribution in [3.63, 3.8) is 0 Å². The van der Waals surface area contributed by atoms with E-state index in [2.05, 4.69) is 4.98 Å². The third-order valence-corrected chi connectivity index (χ3v) is 2.76. The van der Waals surface area contributed by atoms with Crippen molar-refractivity contribution in [3.05, 3.63) is 27.8 Å². The smallest absolute Gasteiger partial charge is 0.358 e. The fourth-order valence-electron chi connectivity index (χ4n) is 0.905. The van der Waals surface area contributed by atoms with Crippen LogP contribution >= 0.6 is 10.7 Å². The van der Waals surface area contributed by atoms with Crippen LogP contribution < -0.4 is 0 Å². The van der Waals surface area contributed by atoms with Gasteiger partial charge in [-0.05, 0) is 16.0 Å². The van der Waals surface area contributed by atoms with Crippen LogP contribution in [-0.2, 0) is 9.05 Å². The minimum Gasteiger partial charge on any atom is -0.358 e. The highest BCUT2D eigenvalue weighted by atomic mass is 35.7. The molecule has 0 aliphatic rings. The molecule has 1 aromatic heterocycles. The molecule has 1 rings (SSSR count). The van der Waals surface area contributed by atoms with Crippen LogP contribution in [0.25, 0.3) is 0 Å². The lowest BCUT2D eigenvalue weighted by Gasteiger charge is -2.01. The molecule has 16 heavy (non-hydrogen) atoms. The summed E-state index contributed by atoms with van der Waals surface area (Å²) in [5.74, 6) is -0.872. The van der Waals surface area contributed by atoms with E-state index in [9.17, 15) is 27.3 Å². The molecular weight excluding hydrogens is 270 g/mol. The zero-order chi connectivity index (χ0) is 12.5. The first-order valence-corrected chi connectivity index (χ1v) is 5.92. The van der Waals surface area contributed by atoms with Crippen LogP contribution in [0, 0.1) is 10.1 Å². The van der Waals surface area contributed by atoms with Gasteiger partial charge >= 0.3 is 14.9 Å². The Bertz CT molecular complexity index is 533. The average Bonchev–Trinajstić information content (AvgIpc) is 2.15. The number of pyridine rings is 1. The van der Waals surface area contributed by atoms with Gasteiger partial charge in [0.1, 0.15) is 0 Å². The predicted molar refractivity (Wildman–Crippen MR) is 48.9 cm³/mol. The maximum atomic E-state index is 12.4. The monoisotopic (exact) mass is 272 g/mol. The molecule has 0 aromatic carbocycles. The zero-order valence-electron chi connectivity index (χ0n) is 7.30. The van der Waals surface area contributed by atoms with E-state index in [0.29, 0.717) is 12.1 Å². The van der Waals surface area contributed by atoms with Crippen molar-refractivity contribution in [3.8, 4) is 0 Å². The Hall–Kier alpha value is -1.35. The third-order valence-electron chi connectivity index (χ3n) is 1.53. The van der Waals surface area contributed by atoms with Gasteiger partial charge in [0.15, 0.2) is 0 Å². The van der Waals surface area contributed by atoms with Crippen molar-refractivity contribution in [1.82, 2.24) is 4.98 Å². The summed E-state index contributed by atoms with van der Waals surface area (Å²) in [6.45, 7) is 0. The van der Waals surface area contributed by atoms with Crippen molar-refractivity contribution in [2.45, 2.75) is 11.5 Å². The number of rotatable bonds is 3. The molecule has 10 heteroatoms. The van der Waals surface area contributed by atoms with Crippen LogP contribution in [0.4, 0.5) is 14.6 Å². The van der Waals surface area contributed by atoms with E-state index in [1.54, 1.807) is 0 Å². The lowest BCUT2D eigenvalue weighted by Crippen LogP contribution is -2.04. The van der Waals surface area contributed by atoms with Gasteiger partial charge < -0.3 is 10.1 Å². The van der Waals surface area contributed by atoms with Crippen LogP contribution in [0.15, 0.2) is 17.2 Å². The highest BCUT2D eigenvalue weighted by molar-refractivity contribution is 8.13. The Balaban J connectivity index is 3.51. The SMILES string of the molecule is O=[N+]([O-])c1ccc(C(F)F)c(S(=O)(=O)Cl)n1. The van der Waals surface area contributed by atoms with Gasteiger partial charge in [-0.2, -0.15) is 0 Å². The molecule has 0 saturated carbocycles. The fraction of sp³-hybridized carbons (Fsp3) is 0.167. The topological polar surface area (TPSA) is 90.2 Å². The second kappa shape index (κ2) is 4.26. The summed E-state index contributed by atoms with van der Waals surface area (Å²) >= 11 is 0. The third kappa shape index (κ3) is 2.61. The summed E-state index contributed by atoms with van der Waals surface area (Å²) in [6, 6.07) is 1.28. The Labute approximate surface area is 92.4 Å². The summed E-state index contributed by atoms with van der Waals surface area (Å²) < 4.78 is 46.5. The fourth-order valence-corrected chi connectivity index (χ4v) is 1.92. The first-order chi connectivity index (χ1) is 7.23.